The van der Waals surface area contributed by atoms with Gasteiger partial charge in [0.1, 0.15) is 11.5 Å². The minimum absolute atomic E-state index is 0.630. The Labute approximate surface area is 333 Å². The van der Waals surface area contributed by atoms with Crippen LogP contribution in [0.1, 0.15) is 22.3 Å². The van der Waals surface area contributed by atoms with Crippen LogP contribution in [0, 0.1) is 0 Å². The number of ether oxygens (including phenoxy) is 1. The predicted molar refractivity (Wildman–Crippen MR) is 235 cm³/mol. The molecule has 11 rings (SSSR count). The van der Waals surface area contributed by atoms with Crippen LogP contribution in [0.3, 0.4) is 0 Å². The summed E-state index contributed by atoms with van der Waals surface area (Å²) < 4.78 is 7.07. The number of rotatable bonds is 6. The second-order valence-corrected chi connectivity index (χ2v) is 14.9. The van der Waals surface area contributed by atoms with Gasteiger partial charge in [0.2, 0.25) is 0 Å². The third kappa shape index (κ3) is 5.33. The van der Waals surface area contributed by atoms with E-state index in [2.05, 4.69) is 229 Å². The standard InChI is InChI=1S/C55H37NO/c1-5-15-38(16-6-1)41-25-29-45(30-26-41)56(44-21-11-4-12-22-44)46-31-32-48-47-23-13-14-24-49(47)55(52(48)37-46)50-33-27-42(39-17-7-2-8-18-39)35-53(50)57-54-36-43(28-34-51(54)55)40-19-9-3-10-20-40/h1-37H. The maximum atomic E-state index is 7.07. The zero-order valence-electron chi connectivity index (χ0n) is 31.2. The maximum absolute atomic E-state index is 7.07. The van der Waals surface area contributed by atoms with Gasteiger partial charge in [0.05, 0.1) is 5.41 Å². The summed E-state index contributed by atoms with van der Waals surface area (Å²) in [5.74, 6) is 1.75. The van der Waals surface area contributed by atoms with Crippen molar-refractivity contribution < 1.29 is 4.74 Å². The number of anilines is 3. The predicted octanol–water partition coefficient (Wildman–Crippen LogP) is 14.6. The molecule has 2 nitrogen and oxygen atoms in total. The van der Waals surface area contributed by atoms with E-state index in [1.54, 1.807) is 0 Å². The molecule has 9 aromatic rings. The first-order valence-corrected chi connectivity index (χ1v) is 19.6. The second kappa shape index (κ2) is 13.4. The van der Waals surface area contributed by atoms with Gasteiger partial charge in [-0.3, -0.25) is 0 Å². The van der Waals surface area contributed by atoms with Gasteiger partial charge >= 0.3 is 0 Å². The van der Waals surface area contributed by atoms with Crippen molar-refractivity contribution >= 4 is 17.1 Å². The van der Waals surface area contributed by atoms with E-state index in [9.17, 15) is 0 Å². The Bertz CT molecular complexity index is 2810. The molecule has 0 amide bonds. The number of fused-ring (bicyclic) bond motifs is 9. The molecule has 1 heterocycles. The Morgan fingerprint density at radius 3 is 1.28 bits per heavy atom. The van der Waals surface area contributed by atoms with Gasteiger partial charge in [-0.05, 0) is 104 Å². The molecule has 0 atom stereocenters. The molecule has 0 N–H and O–H groups in total. The Balaban J connectivity index is 1.15. The van der Waals surface area contributed by atoms with Crippen molar-refractivity contribution in [3.8, 4) is 56.0 Å². The molecular weight excluding hydrogens is 691 g/mol. The van der Waals surface area contributed by atoms with Crippen LogP contribution in [0.2, 0.25) is 0 Å². The molecule has 0 bridgehead atoms. The fraction of sp³-hybridized carbons (Fsp3) is 0.0182. The number of benzene rings is 9. The lowest BCUT2D eigenvalue weighted by atomic mass is 9.65. The topological polar surface area (TPSA) is 12.5 Å². The first-order valence-electron chi connectivity index (χ1n) is 19.6. The quantitative estimate of drug-likeness (QED) is 0.169. The molecule has 1 aliphatic carbocycles. The summed E-state index contributed by atoms with van der Waals surface area (Å²) in [5, 5.41) is 0. The molecular formula is C55H37NO. The van der Waals surface area contributed by atoms with E-state index in [0.717, 1.165) is 61.9 Å². The smallest absolute Gasteiger partial charge is 0.132 e. The fourth-order valence-electron chi connectivity index (χ4n) is 9.16. The molecule has 2 heteroatoms. The van der Waals surface area contributed by atoms with Crippen molar-refractivity contribution in [2.75, 3.05) is 4.90 Å². The summed E-state index contributed by atoms with van der Waals surface area (Å²) in [5.41, 5.74) is 16.9. The lowest BCUT2D eigenvalue weighted by Crippen LogP contribution is -2.32. The Kier molecular flexibility index (Phi) is 7.75. The largest absolute Gasteiger partial charge is 0.457 e. The zero-order chi connectivity index (χ0) is 37.8. The molecule has 2 aliphatic rings. The van der Waals surface area contributed by atoms with Crippen LogP contribution in [0.4, 0.5) is 17.1 Å². The van der Waals surface area contributed by atoms with Crippen molar-refractivity contribution in [2.45, 2.75) is 5.41 Å². The van der Waals surface area contributed by atoms with Crippen LogP contribution < -0.4 is 9.64 Å². The minimum Gasteiger partial charge on any atom is -0.457 e. The summed E-state index contributed by atoms with van der Waals surface area (Å²) in [7, 11) is 0. The van der Waals surface area contributed by atoms with E-state index < -0.39 is 5.41 Å². The Hall–Kier alpha value is -7.42. The van der Waals surface area contributed by atoms with E-state index in [4.69, 9.17) is 4.74 Å². The van der Waals surface area contributed by atoms with Gasteiger partial charge < -0.3 is 9.64 Å². The van der Waals surface area contributed by atoms with Crippen LogP contribution in [0.25, 0.3) is 44.5 Å². The molecule has 9 aromatic carbocycles. The third-order valence-corrected chi connectivity index (χ3v) is 11.7. The van der Waals surface area contributed by atoms with Crippen LogP contribution in [0.5, 0.6) is 11.5 Å². The highest BCUT2D eigenvalue weighted by Crippen LogP contribution is 2.63. The van der Waals surface area contributed by atoms with Crippen LogP contribution in [0.15, 0.2) is 224 Å². The maximum Gasteiger partial charge on any atom is 0.132 e. The van der Waals surface area contributed by atoms with Crippen molar-refractivity contribution in [1.29, 1.82) is 0 Å². The fourth-order valence-corrected chi connectivity index (χ4v) is 9.16. The second-order valence-electron chi connectivity index (χ2n) is 14.9. The molecule has 0 aromatic heterocycles. The van der Waals surface area contributed by atoms with E-state index in [-0.39, 0.29) is 0 Å². The summed E-state index contributed by atoms with van der Waals surface area (Å²) >= 11 is 0. The number of nitrogens with zero attached hydrogens (tertiary/aromatic N) is 1. The minimum atomic E-state index is -0.630. The summed E-state index contributed by atoms with van der Waals surface area (Å²) in [6.45, 7) is 0. The van der Waals surface area contributed by atoms with E-state index in [1.165, 1.54) is 33.4 Å². The van der Waals surface area contributed by atoms with Crippen LogP contribution in [-0.2, 0) is 5.41 Å². The first kappa shape index (κ1) is 33.0. The monoisotopic (exact) mass is 727 g/mol. The van der Waals surface area contributed by atoms with Gasteiger partial charge in [0.15, 0.2) is 0 Å². The average Bonchev–Trinajstić information content (AvgIpc) is 3.57. The van der Waals surface area contributed by atoms with Gasteiger partial charge in [0.25, 0.3) is 0 Å². The van der Waals surface area contributed by atoms with Crippen LogP contribution in [-0.4, -0.2) is 0 Å². The molecule has 0 saturated carbocycles. The van der Waals surface area contributed by atoms with Crippen molar-refractivity contribution in [3.63, 3.8) is 0 Å². The summed E-state index contributed by atoms with van der Waals surface area (Å²) in [6.07, 6.45) is 0. The zero-order valence-corrected chi connectivity index (χ0v) is 31.2. The Morgan fingerprint density at radius 1 is 0.281 bits per heavy atom. The molecule has 268 valence electrons. The van der Waals surface area contributed by atoms with Gasteiger partial charge in [-0.25, -0.2) is 0 Å². The first-order chi connectivity index (χ1) is 28.3. The van der Waals surface area contributed by atoms with Crippen molar-refractivity contribution in [3.05, 3.63) is 247 Å². The number of hydrogen-bond donors (Lipinski definition) is 0. The van der Waals surface area contributed by atoms with Crippen molar-refractivity contribution in [2.24, 2.45) is 0 Å². The van der Waals surface area contributed by atoms with Gasteiger partial charge in [0, 0.05) is 28.2 Å². The molecule has 0 unspecified atom stereocenters. The molecule has 57 heavy (non-hydrogen) atoms. The third-order valence-electron chi connectivity index (χ3n) is 11.7. The number of hydrogen-bond acceptors (Lipinski definition) is 2. The molecule has 0 saturated heterocycles. The summed E-state index contributed by atoms with van der Waals surface area (Å²) in [6, 6.07) is 81.0. The summed E-state index contributed by atoms with van der Waals surface area (Å²) in [4.78, 5) is 2.38. The Morgan fingerprint density at radius 2 is 0.702 bits per heavy atom. The highest BCUT2D eigenvalue weighted by Gasteiger charge is 2.51. The SMILES string of the molecule is c1ccc(-c2ccc(N(c3ccccc3)c3ccc4c(c3)C3(c5ccc(-c6ccccc6)cc5Oc5cc(-c6ccccc6)ccc53)c3ccccc3-4)cc2)cc1. The average molecular weight is 728 g/mol. The lowest BCUT2D eigenvalue weighted by Gasteiger charge is -2.40. The lowest BCUT2D eigenvalue weighted by molar-refractivity contribution is 0.437. The highest BCUT2D eigenvalue weighted by molar-refractivity contribution is 5.92. The molecule has 0 radical (unpaired) electrons. The van der Waals surface area contributed by atoms with Gasteiger partial charge in [-0.15, -0.1) is 0 Å². The molecule has 0 fully saturated rings. The highest BCUT2D eigenvalue weighted by atomic mass is 16.5. The van der Waals surface area contributed by atoms with E-state index >= 15 is 0 Å². The normalized spacial score (nSPS) is 12.8. The van der Waals surface area contributed by atoms with Gasteiger partial charge in [-0.2, -0.15) is 0 Å². The molecule has 1 spiro atoms. The van der Waals surface area contributed by atoms with Crippen LogP contribution >= 0.6 is 0 Å². The number of para-hydroxylation sites is 1. The van der Waals surface area contributed by atoms with Gasteiger partial charge in [-0.1, -0.05) is 176 Å². The van der Waals surface area contributed by atoms with E-state index in [0.29, 0.717) is 0 Å². The van der Waals surface area contributed by atoms with Crippen molar-refractivity contribution in [1.82, 2.24) is 0 Å². The van der Waals surface area contributed by atoms with E-state index in [1.807, 2.05) is 0 Å². The molecule has 1 aliphatic heterocycles.